The van der Waals surface area contributed by atoms with Crippen LogP contribution in [0.4, 0.5) is 13.9 Å². The Balaban J connectivity index is 2.01. The van der Waals surface area contributed by atoms with Gasteiger partial charge >= 0.3 is 0 Å². The van der Waals surface area contributed by atoms with Crippen molar-refractivity contribution in [3.8, 4) is 0 Å². The molecule has 0 bridgehead atoms. The van der Waals surface area contributed by atoms with Gasteiger partial charge < -0.3 is 5.32 Å². The predicted molar refractivity (Wildman–Crippen MR) is 70.8 cm³/mol. The quantitative estimate of drug-likeness (QED) is 0.883. The van der Waals surface area contributed by atoms with E-state index in [1.807, 2.05) is 0 Å². The Morgan fingerprint density at radius 2 is 2.05 bits per heavy atom. The first-order chi connectivity index (χ1) is 9.45. The van der Waals surface area contributed by atoms with Gasteiger partial charge in [0.15, 0.2) is 22.5 Å². The Hall–Kier alpha value is -2.15. The number of nitrogens with zero attached hydrogens (tertiary/aromatic N) is 1. The Bertz CT molecular complexity index is 670. The van der Waals surface area contributed by atoms with Crippen LogP contribution in [0.25, 0.3) is 0 Å². The first-order valence-corrected chi connectivity index (χ1v) is 6.54. The summed E-state index contributed by atoms with van der Waals surface area (Å²) in [4.78, 5) is 26.7. The van der Waals surface area contributed by atoms with Crippen molar-refractivity contribution in [1.82, 2.24) is 4.98 Å². The molecule has 0 aliphatic heterocycles. The van der Waals surface area contributed by atoms with Crippen LogP contribution in [-0.2, 0) is 11.2 Å². The molecule has 2 rings (SSSR count). The second-order valence-electron chi connectivity index (χ2n) is 4.07. The molecule has 7 heteroatoms. The van der Waals surface area contributed by atoms with E-state index < -0.39 is 17.5 Å². The second-order valence-corrected chi connectivity index (χ2v) is 4.93. The van der Waals surface area contributed by atoms with Gasteiger partial charge in [0.2, 0.25) is 5.91 Å². The molecule has 1 aromatic carbocycles. The van der Waals surface area contributed by atoms with Gasteiger partial charge in [0, 0.05) is 12.3 Å². The average molecular weight is 296 g/mol. The highest BCUT2D eigenvalue weighted by Gasteiger charge is 2.11. The molecule has 2 aromatic rings. The molecule has 0 radical (unpaired) electrons. The van der Waals surface area contributed by atoms with E-state index in [2.05, 4.69) is 10.3 Å². The number of benzene rings is 1. The van der Waals surface area contributed by atoms with Crippen molar-refractivity contribution in [1.29, 1.82) is 0 Å². The number of nitrogens with one attached hydrogen (secondary N) is 1. The van der Waals surface area contributed by atoms with Crippen molar-refractivity contribution in [2.24, 2.45) is 0 Å². The third-order valence-corrected chi connectivity index (χ3v) is 3.22. The number of ketones is 1. The summed E-state index contributed by atoms with van der Waals surface area (Å²) in [5, 5.41) is 4.33. The standard InChI is InChI=1S/C13H10F2N2O2S/c1-7(18)11-6-20-13(16-11)17-12(19)5-8-2-3-9(14)10(15)4-8/h2-4,6H,5H2,1H3,(H,16,17,19). The topological polar surface area (TPSA) is 59.1 Å². The van der Waals surface area contributed by atoms with Crippen LogP contribution >= 0.6 is 11.3 Å². The fraction of sp³-hybridized carbons (Fsp3) is 0.154. The molecule has 104 valence electrons. The lowest BCUT2D eigenvalue weighted by Crippen LogP contribution is -2.14. The molecule has 1 N–H and O–H groups in total. The Labute approximate surface area is 117 Å². The minimum Gasteiger partial charge on any atom is -0.302 e. The summed E-state index contributed by atoms with van der Waals surface area (Å²) >= 11 is 1.12. The highest BCUT2D eigenvalue weighted by atomic mass is 32.1. The van der Waals surface area contributed by atoms with E-state index in [1.165, 1.54) is 18.4 Å². The number of anilines is 1. The maximum Gasteiger partial charge on any atom is 0.230 e. The smallest absolute Gasteiger partial charge is 0.230 e. The molecule has 0 aliphatic rings. The lowest BCUT2D eigenvalue weighted by atomic mass is 10.1. The van der Waals surface area contributed by atoms with Crippen molar-refractivity contribution in [2.45, 2.75) is 13.3 Å². The molecule has 0 atom stereocenters. The molecule has 0 unspecified atom stereocenters. The van der Waals surface area contributed by atoms with Gasteiger partial charge in [-0.25, -0.2) is 13.8 Å². The van der Waals surface area contributed by atoms with E-state index in [1.54, 1.807) is 0 Å². The van der Waals surface area contributed by atoms with Crippen LogP contribution in [0.5, 0.6) is 0 Å². The second kappa shape index (κ2) is 5.87. The molecular weight excluding hydrogens is 286 g/mol. The van der Waals surface area contributed by atoms with Crippen molar-refractivity contribution in [3.63, 3.8) is 0 Å². The van der Waals surface area contributed by atoms with E-state index in [0.717, 1.165) is 23.5 Å². The summed E-state index contributed by atoms with van der Waals surface area (Å²) < 4.78 is 25.7. The SMILES string of the molecule is CC(=O)c1csc(NC(=O)Cc2ccc(F)c(F)c2)n1. The summed E-state index contributed by atoms with van der Waals surface area (Å²) in [6.07, 6.45) is -0.105. The highest BCUT2D eigenvalue weighted by Crippen LogP contribution is 2.16. The lowest BCUT2D eigenvalue weighted by Gasteiger charge is -2.02. The van der Waals surface area contributed by atoms with E-state index in [-0.39, 0.29) is 17.9 Å². The first-order valence-electron chi connectivity index (χ1n) is 5.66. The molecule has 0 aliphatic carbocycles. The number of carbonyl (C=O) groups excluding carboxylic acids is 2. The van der Waals surface area contributed by atoms with Crippen LogP contribution in [0.3, 0.4) is 0 Å². The number of Topliss-reactive ketones (excluding diaryl/α,β-unsaturated/α-hetero) is 1. The maximum absolute atomic E-state index is 13.0. The third-order valence-electron chi connectivity index (χ3n) is 2.46. The van der Waals surface area contributed by atoms with Gasteiger partial charge in [0.1, 0.15) is 5.69 Å². The van der Waals surface area contributed by atoms with Crippen molar-refractivity contribution in [3.05, 3.63) is 46.5 Å². The van der Waals surface area contributed by atoms with E-state index in [0.29, 0.717) is 10.7 Å². The molecule has 0 spiro atoms. The summed E-state index contributed by atoms with van der Waals surface area (Å²) in [6, 6.07) is 3.27. The number of aromatic nitrogens is 1. The summed E-state index contributed by atoms with van der Waals surface area (Å²) in [5.74, 6) is -2.56. The molecule has 4 nitrogen and oxygen atoms in total. The molecule has 0 fully saturated rings. The monoisotopic (exact) mass is 296 g/mol. The molecule has 20 heavy (non-hydrogen) atoms. The normalized spacial score (nSPS) is 10.3. The van der Waals surface area contributed by atoms with Crippen LogP contribution in [-0.4, -0.2) is 16.7 Å². The molecule has 0 saturated carbocycles. The van der Waals surface area contributed by atoms with Crippen LogP contribution < -0.4 is 5.32 Å². The zero-order valence-corrected chi connectivity index (χ0v) is 11.3. The fourth-order valence-electron chi connectivity index (χ4n) is 1.49. The average Bonchev–Trinajstić information content (AvgIpc) is 2.82. The molecule has 1 heterocycles. The summed E-state index contributed by atoms with van der Waals surface area (Å²) in [5.41, 5.74) is 0.628. The van der Waals surface area contributed by atoms with Crippen molar-refractivity contribution >= 4 is 28.2 Å². The lowest BCUT2D eigenvalue weighted by molar-refractivity contribution is -0.115. The number of thiazole rings is 1. The molecule has 0 saturated heterocycles. The Kier molecular flexibility index (Phi) is 4.19. The summed E-state index contributed by atoms with van der Waals surface area (Å²) in [7, 11) is 0. The Morgan fingerprint density at radius 3 is 2.65 bits per heavy atom. The number of hydrogen-bond donors (Lipinski definition) is 1. The minimum atomic E-state index is -0.997. The first kappa shape index (κ1) is 14.3. The van der Waals surface area contributed by atoms with Gasteiger partial charge in [-0.3, -0.25) is 9.59 Å². The van der Waals surface area contributed by atoms with Crippen LogP contribution in [0, 0.1) is 11.6 Å². The zero-order valence-electron chi connectivity index (χ0n) is 10.4. The summed E-state index contributed by atoms with van der Waals surface area (Å²) in [6.45, 7) is 1.38. The number of halogens is 2. The van der Waals surface area contributed by atoms with Crippen molar-refractivity contribution in [2.75, 3.05) is 5.32 Å². The molecule has 1 aromatic heterocycles. The van der Waals surface area contributed by atoms with E-state index >= 15 is 0 Å². The maximum atomic E-state index is 13.0. The Morgan fingerprint density at radius 1 is 1.30 bits per heavy atom. The van der Waals surface area contributed by atoms with Crippen LogP contribution in [0.15, 0.2) is 23.6 Å². The molecule has 1 amide bonds. The molecular formula is C13H10F2N2O2S. The predicted octanol–water partition coefficient (Wildman–Crippen LogP) is 2.81. The van der Waals surface area contributed by atoms with Crippen LogP contribution in [0.2, 0.25) is 0 Å². The van der Waals surface area contributed by atoms with Gasteiger partial charge in [-0.2, -0.15) is 0 Å². The number of hydrogen-bond acceptors (Lipinski definition) is 4. The van der Waals surface area contributed by atoms with E-state index in [4.69, 9.17) is 0 Å². The third kappa shape index (κ3) is 3.45. The van der Waals surface area contributed by atoms with Gasteiger partial charge in [0.05, 0.1) is 6.42 Å². The highest BCUT2D eigenvalue weighted by molar-refractivity contribution is 7.14. The van der Waals surface area contributed by atoms with Gasteiger partial charge in [-0.15, -0.1) is 11.3 Å². The van der Waals surface area contributed by atoms with Gasteiger partial charge in [-0.05, 0) is 17.7 Å². The zero-order chi connectivity index (χ0) is 14.7. The van der Waals surface area contributed by atoms with E-state index in [9.17, 15) is 18.4 Å². The van der Waals surface area contributed by atoms with Crippen molar-refractivity contribution < 1.29 is 18.4 Å². The largest absolute Gasteiger partial charge is 0.302 e. The fourth-order valence-corrected chi connectivity index (χ4v) is 2.26. The number of rotatable bonds is 4. The minimum absolute atomic E-state index is 0.105. The number of amides is 1. The number of carbonyl (C=O) groups is 2. The van der Waals surface area contributed by atoms with Gasteiger partial charge in [0.25, 0.3) is 0 Å². The van der Waals surface area contributed by atoms with Crippen LogP contribution in [0.1, 0.15) is 23.0 Å². The van der Waals surface area contributed by atoms with Gasteiger partial charge in [-0.1, -0.05) is 6.07 Å².